The maximum absolute atomic E-state index is 12.3. The molecule has 0 radical (unpaired) electrons. The Morgan fingerprint density at radius 3 is 2.63 bits per heavy atom. The van der Waals surface area contributed by atoms with Crippen LogP contribution in [-0.2, 0) is 0 Å². The van der Waals surface area contributed by atoms with Gasteiger partial charge in [-0.25, -0.2) is 9.78 Å². The van der Waals surface area contributed by atoms with Crippen LogP contribution in [0.4, 0.5) is 0 Å². The second kappa shape index (κ2) is 6.88. The fraction of sp³-hybridized carbons (Fsp3) is 0.0455. The van der Waals surface area contributed by atoms with Gasteiger partial charge in [-0.2, -0.15) is 0 Å². The van der Waals surface area contributed by atoms with Crippen molar-refractivity contribution < 1.29 is 9.53 Å². The van der Waals surface area contributed by atoms with Gasteiger partial charge in [0.25, 0.3) is 5.56 Å². The number of nitrogens with zero attached hydrogens (tertiary/aromatic N) is 1. The lowest BCUT2D eigenvalue weighted by atomic mass is 10.1. The molecule has 27 heavy (non-hydrogen) atoms. The summed E-state index contributed by atoms with van der Waals surface area (Å²) in [4.78, 5) is 31.9. The van der Waals surface area contributed by atoms with E-state index in [1.165, 1.54) is 0 Å². The van der Waals surface area contributed by atoms with Crippen molar-refractivity contribution in [3.63, 3.8) is 0 Å². The van der Waals surface area contributed by atoms with Crippen LogP contribution in [0.15, 0.2) is 77.6 Å². The molecule has 5 nitrogen and oxygen atoms in total. The topological polar surface area (TPSA) is 72.0 Å². The zero-order valence-corrected chi connectivity index (χ0v) is 14.6. The second-order valence-electron chi connectivity index (χ2n) is 6.22. The van der Waals surface area contributed by atoms with Crippen LogP contribution in [0.2, 0.25) is 0 Å². The number of aromatic nitrogens is 2. The van der Waals surface area contributed by atoms with Crippen LogP contribution < -0.4 is 10.3 Å². The molecule has 0 bridgehead atoms. The highest BCUT2D eigenvalue weighted by atomic mass is 16.5. The monoisotopic (exact) mass is 356 g/mol. The van der Waals surface area contributed by atoms with Gasteiger partial charge in [0.1, 0.15) is 11.6 Å². The third-order valence-electron chi connectivity index (χ3n) is 4.18. The van der Waals surface area contributed by atoms with E-state index >= 15 is 0 Å². The van der Waals surface area contributed by atoms with Gasteiger partial charge in [0.05, 0.1) is 16.5 Å². The first-order valence-corrected chi connectivity index (χ1v) is 8.48. The largest absolute Gasteiger partial charge is 0.423 e. The summed E-state index contributed by atoms with van der Waals surface area (Å²) in [5.41, 5.74) is 2.53. The molecule has 5 heteroatoms. The molecule has 4 rings (SSSR count). The molecular formula is C22H16N2O3. The van der Waals surface area contributed by atoms with Crippen LogP contribution in [-0.4, -0.2) is 15.9 Å². The van der Waals surface area contributed by atoms with E-state index in [1.807, 2.05) is 25.1 Å². The number of H-pyrrole nitrogens is 1. The molecule has 0 saturated carbocycles. The van der Waals surface area contributed by atoms with E-state index in [1.54, 1.807) is 54.6 Å². The Labute approximate surface area is 155 Å². The van der Waals surface area contributed by atoms with Gasteiger partial charge in [-0.05, 0) is 43.3 Å². The predicted molar refractivity (Wildman–Crippen MR) is 104 cm³/mol. The summed E-state index contributed by atoms with van der Waals surface area (Å²) in [6, 6.07) is 21.3. The van der Waals surface area contributed by atoms with E-state index in [0.717, 1.165) is 5.56 Å². The van der Waals surface area contributed by atoms with E-state index in [9.17, 15) is 9.59 Å². The number of aryl methyl sites for hydroxylation is 1. The molecule has 0 spiro atoms. The van der Waals surface area contributed by atoms with E-state index in [-0.39, 0.29) is 5.56 Å². The summed E-state index contributed by atoms with van der Waals surface area (Å²) in [7, 11) is 0. The SMILES string of the molecule is Cc1cccc(C(=O)Oc2cccc(-c3nc4ccccc4c(=O)[nH]3)c2)c1. The van der Waals surface area contributed by atoms with E-state index < -0.39 is 5.97 Å². The third-order valence-corrected chi connectivity index (χ3v) is 4.18. The molecule has 0 aliphatic carbocycles. The van der Waals surface area contributed by atoms with Crippen molar-refractivity contribution >= 4 is 16.9 Å². The molecule has 132 valence electrons. The van der Waals surface area contributed by atoms with E-state index in [0.29, 0.717) is 33.6 Å². The third kappa shape index (κ3) is 3.48. The van der Waals surface area contributed by atoms with E-state index in [4.69, 9.17) is 4.74 Å². The molecule has 0 unspecified atom stereocenters. The van der Waals surface area contributed by atoms with Crippen molar-refractivity contribution in [2.75, 3.05) is 0 Å². The Kier molecular flexibility index (Phi) is 4.26. The molecule has 1 N–H and O–H groups in total. The first kappa shape index (κ1) is 16.7. The molecule has 0 aliphatic heterocycles. The van der Waals surface area contributed by atoms with Crippen LogP contribution in [0.3, 0.4) is 0 Å². The number of benzene rings is 3. The van der Waals surface area contributed by atoms with Crippen LogP contribution in [0.5, 0.6) is 5.75 Å². The minimum atomic E-state index is -0.434. The Morgan fingerprint density at radius 2 is 1.78 bits per heavy atom. The Bertz CT molecular complexity index is 1210. The van der Waals surface area contributed by atoms with Gasteiger partial charge in [-0.1, -0.05) is 42.0 Å². The highest BCUT2D eigenvalue weighted by Crippen LogP contribution is 2.22. The molecular weight excluding hydrogens is 340 g/mol. The number of para-hydroxylation sites is 1. The molecule has 1 heterocycles. The number of carbonyl (C=O) groups excluding carboxylic acids is 1. The maximum Gasteiger partial charge on any atom is 0.343 e. The summed E-state index contributed by atoms with van der Waals surface area (Å²) < 4.78 is 5.48. The number of esters is 1. The van der Waals surface area contributed by atoms with Crippen molar-refractivity contribution in [1.29, 1.82) is 0 Å². The average Bonchev–Trinajstić information content (AvgIpc) is 2.68. The summed E-state index contributed by atoms with van der Waals surface area (Å²) >= 11 is 0. The number of fused-ring (bicyclic) bond motifs is 1. The summed E-state index contributed by atoms with van der Waals surface area (Å²) in [5, 5.41) is 0.531. The molecule has 0 saturated heterocycles. The summed E-state index contributed by atoms with van der Waals surface area (Å²) in [6.45, 7) is 1.92. The lowest BCUT2D eigenvalue weighted by Gasteiger charge is -2.07. The Hall–Kier alpha value is -3.73. The normalized spacial score (nSPS) is 10.7. The number of aromatic amines is 1. The summed E-state index contributed by atoms with van der Waals surface area (Å²) in [5.74, 6) is 0.373. The van der Waals surface area contributed by atoms with Gasteiger partial charge < -0.3 is 9.72 Å². The zero-order chi connectivity index (χ0) is 18.8. The van der Waals surface area contributed by atoms with Gasteiger partial charge in [-0.3, -0.25) is 4.79 Å². The summed E-state index contributed by atoms with van der Waals surface area (Å²) in [6.07, 6.45) is 0. The van der Waals surface area contributed by atoms with Crippen molar-refractivity contribution in [2.24, 2.45) is 0 Å². The van der Waals surface area contributed by atoms with Crippen molar-refractivity contribution in [2.45, 2.75) is 6.92 Å². The molecule has 4 aromatic rings. The van der Waals surface area contributed by atoms with Crippen molar-refractivity contribution in [3.05, 3.63) is 94.3 Å². The fourth-order valence-corrected chi connectivity index (χ4v) is 2.87. The number of rotatable bonds is 3. The van der Waals surface area contributed by atoms with Crippen LogP contribution in [0, 0.1) is 6.92 Å². The predicted octanol–water partition coefficient (Wildman–Crippen LogP) is 4.12. The highest BCUT2D eigenvalue weighted by molar-refractivity contribution is 5.91. The smallest absolute Gasteiger partial charge is 0.343 e. The van der Waals surface area contributed by atoms with Gasteiger partial charge in [0.15, 0.2) is 0 Å². The Balaban J connectivity index is 1.67. The van der Waals surface area contributed by atoms with Crippen LogP contribution in [0.1, 0.15) is 15.9 Å². The number of hydrogen-bond donors (Lipinski definition) is 1. The van der Waals surface area contributed by atoms with Crippen molar-refractivity contribution in [1.82, 2.24) is 9.97 Å². The fourth-order valence-electron chi connectivity index (χ4n) is 2.87. The molecule has 3 aromatic carbocycles. The van der Waals surface area contributed by atoms with Crippen molar-refractivity contribution in [3.8, 4) is 17.1 Å². The number of ether oxygens (including phenoxy) is 1. The molecule has 0 amide bonds. The minimum Gasteiger partial charge on any atom is -0.423 e. The van der Waals surface area contributed by atoms with E-state index in [2.05, 4.69) is 9.97 Å². The zero-order valence-electron chi connectivity index (χ0n) is 14.6. The van der Waals surface area contributed by atoms with Gasteiger partial charge in [0, 0.05) is 5.56 Å². The second-order valence-corrected chi connectivity index (χ2v) is 6.22. The lowest BCUT2D eigenvalue weighted by Crippen LogP contribution is -2.10. The quantitative estimate of drug-likeness (QED) is 0.443. The Morgan fingerprint density at radius 1 is 0.963 bits per heavy atom. The standard InChI is InChI=1S/C22H16N2O3/c1-14-6-4-8-16(12-14)22(26)27-17-9-5-7-15(13-17)20-23-19-11-3-2-10-18(19)21(25)24-20/h2-13H,1H3,(H,23,24,25). The van der Waals surface area contributed by atoms with Crippen LogP contribution in [0.25, 0.3) is 22.3 Å². The molecule has 1 aromatic heterocycles. The number of hydrogen-bond acceptors (Lipinski definition) is 4. The van der Waals surface area contributed by atoms with Crippen LogP contribution >= 0.6 is 0 Å². The molecule has 0 fully saturated rings. The number of nitrogens with one attached hydrogen (secondary N) is 1. The first-order valence-electron chi connectivity index (χ1n) is 8.48. The minimum absolute atomic E-state index is 0.210. The lowest BCUT2D eigenvalue weighted by molar-refractivity contribution is 0.0734. The van der Waals surface area contributed by atoms with Gasteiger partial charge in [-0.15, -0.1) is 0 Å². The average molecular weight is 356 g/mol. The first-order chi connectivity index (χ1) is 13.1. The molecule has 0 atom stereocenters. The maximum atomic E-state index is 12.3. The van der Waals surface area contributed by atoms with Gasteiger partial charge in [0.2, 0.25) is 0 Å². The highest BCUT2D eigenvalue weighted by Gasteiger charge is 2.11. The number of carbonyl (C=O) groups is 1. The molecule has 0 aliphatic rings. The van der Waals surface area contributed by atoms with Gasteiger partial charge >= 0.3 is 5.97 Å².